The van der Waals surface area contributed by atoms with Gasteiger partial charge in [-0.3, -0.25) is 0 Å². The first kappa shape index (κ1) is 12.7. The number of nitrogens with one attached hydrogen (secondary N) is 1. The van der Waals surface area contributed by atoms with E-state index in [1.165, 1.54) is 12.8 Å². The molecule has 1 aliphatic carbocycles. The van der Waals surface area contributed by atoms with Crippen LogP contribution in [0.1, 0.15) is 35.2 Å². The molecule has 3 nitrogen and oxygen atoms in total. The number of hydrogen-bond acceptors (Lipinski definition) is 2. The van der Waals surface area contributed by atoms with E-state index >= 15 is 0 Å². The second kappa shape index (κ2) is 5.71. The summed E-state index contributed by atoms with van der Waals surface area (Å²) in [4.78, 5) is 10.9. The van der Waals surface area contributed by atoms with Crippen LogP contribution in [-0.4, -0.2) is 17.6 Å². The Hall–Kier alpha value is -1.77. The summed E-state index contributed by atoms with van der Waals surface area (Å²) in [5.74, 6) is -0.175. The van der Waals surface area contributed by atoms with Gasteiger partial charge in [0.05, 0.1) is 5.56 Å². The highest BCUT2D eigenvalue weighted by atomic mass is 16.4. The molecule has 0 radical (unpaired) electrons. The van der Waals surface area contributed by atoms with Crippen LogP contribution in [-0.2, 0) is 0 Å². The van der Waals surface area contributed by atoms with Crippen molar-refractivity contribution in [2.45, 2.75) is 26.2 Å². The van der Waals surface area contributed by atoms with Crippen molar-refractivity contribution in [3.05, 3.63) is 41.5 Å². The van der Waals surface area contributed by atoms with E-state index in [0.29, 0.717) is 11.5 Å². The van der Waals surface area contributed by atoms with Crippen molar-refractivity contribution >= 4 is 11.7 Å². The number of benzene rings is 1. The average Bonchev–Trinajstić information content (AvgIpc) is 2.37. The van der Waals surface area contributed by atoms with Crippen molar-refractivity contribution in [3.63, 3.8) is 0 Å². The quantitative estimate of drug-likeness (QED) is 0.799. The lowest BCUT2D eigenvalue weighted by Crippen LogP contribution is -2.15. The Kier molecular flexibility index (Phi) is 4.03. The lowest BCUT2D eigenvalue weighted by Gasteiger charge is -2.19. The van der Waals surface area contributed by atoms with Crippen LogP contribution in [0.5, 0.6) is 0 Å². The molecular weight excluding hydrogens is 226 g/mol. The van der Waals surface area contributed by atoms with Crippen LogP contribution in [0, 0.1) is 12.8 Å². The van der Waals surface area contributed by atoms with Gasteiger partial charge in [-0.2, -0.15) is 0 Å². The van der Waals surface area contributed by atoms with Crippen molar-refractivity contribution in [2.24, 2.45) is 5.92 Å². The molecule has 0 spiro atoms. The number of carbonyl (C=O) groups is 1. The normalized spacial score (nSPS) is 18.6. The summed E-state index contributed by atoms with van der Waals surface area (Å²) < 4.78 is 0. The predicted molar refractivity (Wildman–Crippen MR) is 73.1 cm³/mol. The minimum atomic E-state index is -0.864. The Bertz CT molecular complexity index is 466. The number of anilines is 1. The summed E-state index contributed by atoms with van der Waals surface area (Å²) in [6, 6.07) is 5.41. The van der Waals surface area contributed by atoms with E-state index in [-0.39, 0.29) is 0 Å². The third-order valence-electron chi connectivity index (χ3n) is 3.43. The van der Waals surface area contributed by atoms with Crippen molar-refractivity contribution in [3.8, 4) is 0 Å². The predicted octanol–water partition coefficient (Wildman–Crippen LogP) is 3.46. The summed E-state index contributed by atoms with van der Waals surface area (Å²) in [7, 11) is 0. The maximum Gasteiger partial charge on any atom is 0.335 e. The highest BCUT2D eigenvalue weighted by molar-refractivity contribution is 5.89. The van der Waals surface area contributed by atoms with Gasteiger partial charge in [-0.1, -0.05) is 12.2 Å². The lowest BCUT2D eigenvalue weighted by molar-refractivity contribution is 0.0696. The molecule has 2 N–H and O–H groups in total. The van der Waals surface area contributed by atoms with Crippen LogP contribution >= 0.6 is 0 Å². The van der Waals surface area contributed by atoms with E-state index in [1.807, 2.05) is 19.1 Å². The van der Waals surface area contributed by atoms with E-state index in [0.717, 1.165) is 24.2 Å². The second-order valence-corrected chi connectivity index (χ2v) is 4.87. The van der Waals surface area contributed by atoms with E-state index in [2.05, 4.69) is 17.5 Å². The van der Waals surface area contributed by atoms with Crippen LogP contribution in [0.2, 0.25) is 0 Å². The Labute approximate surface area is 108 Å². The van der Waals surface area contributed by atoms with Crippen LogP contribution in [0.4, 0.5) is 5.69 Å². The fraction of sp³-hybridized carbons (Fsp3) is 0.400. The van der Waals surface area contributed by atoms with Crippen molar-refractivity contribution in [1.82, 2.24) is 0 Å². The molecule has 0 saturated carbocycles. The monoisotopic (exact) mass is 245 g/mol. The first-order valence-corrected chi connectivity index (χ1v) is 6.39. The number of carboxylic acid groups (broad SMARTS) is 1. The maximum absolute atomic E-state index is 10.9. The number of carboxylic acids is 1. The van der Waals surface area contributed by atoms with Crippen LogP contribution in [0.25, 0.3) is 0 Å². The third kappa shape index (κ3) is 3.13. The molecule has 18 heavy (non-hydrogen) atoms. The zero-order chi connectivity index (χ0) is 13.0. The Morgan fingerprint density at radius 1 is 1.44 bits per heavy atom. The molecule has 0 fully saturated rings. The van der Waals surface area contributed by atoms with Gasteiger partial charge in [0.1, 0.15) is 0 Å². The van der Waals surface area contributed by atoms with Crippen LogP contribution in [0.15, 0.2) is 30.4 Å². The van der Waals surface area contributed by atoms with Gasteiger partial charge in [-0.05, 0) is 55.9 Å². The minimum absolute atomic E-state index is 0.376. The largest absolute Gasteiger partial charge is 0.478 e. The summed E-state index contributed by atoms with van der Waals surface area (Å²) in [5, 5.41) is 12.4. The average molecular weight is 245 g/mol. The van der Waals surface area contributed by atoms with E-state index < -0.39 is 5.97 Å². The number of aromatic carboxylic acids is 1. The topological polar surface area (TPSA) is 49.3 Å². The molecule has 1 atom stereocenters. The molecule has 0 amide bonds. The Morgan fingerprint density at radius 3 is 2.89 bits per heavy atom. The molecule has 0 aliphatic heterocycles. The van der Waals surface area contributed by atoms with Crippen molar-refractivity contribution in [2.75, 3.05) is 11.9 Å². The highest BCUT2D eigenvalue weighted by Gasteiger charge is 2.10. The molecule has 3 heteroatoms. The maximum atomic E-state index is 10.9. The standard InChI is InChI=1S/C15H19NO2/c1-11-9-13(7-8-14(11)15(17)18)16-10-12-5-3-2-4-6-12/h2-3,7-9,12,16H,4-6,10H2,1H3,(H,17,18). The lowest BCUT2D eigenvalue weighted by atomic mass is 9.94. The zero-order valence-electron chi connectivity index (χ0n) is 10.6. The first-order valence-electron chi connectivity index (χ1n) is 6.39. The van der Waals surface area contributed by atoms with Gasteiger partial charge in [-0.15, -0.1) is 0 Å². The molecule has 2 rings (SSSR count). The number of rotatable bonds is 4. The number of allylic oxidation sites excluding steroid dienone is 2. The number of hydrogen-bond donors (Lipinski definition) is 2. The van der Waals surface area contributed by atoms with Gasteiger partial charge in [-0.25, -0.2) is 4.79 Å². The highest BCUT2D eigenvalue weighted by Crippen LogP contribution is 2.20. The fourth-order valence-electron chi connectivity index (χ4n) is 2.32. The van der Waals surface area contributed by atoms with Gasteiger partial charge in [0.25, 0.3) is 0 Å². The van der Waals surface area contributed by atoms with Gasteiger partial charge in [0.15, 0.2) is 0 Å². The SMILES string of the molecule is Cc1cc(NCC2CC=CCC2)ccc1C(=O)O. The van der Waals surface area contributed by atoms with Gasteiger partial charge >= 0.3 is 5.97 Å². The molecular formula is C15H19NO2. The van der Waals surface area contributed by atoms with Gasteiger partial charge in [0.2, 0.25) is 0 Å². The summed E-state index contributed by atoms with van der Waals surface area (Å²) in [6.45, 7) is 2.79. The minimum Gasteiger partial charge on any atom is -0.478 e. The molecule has 0 bridgehead atoms. The fourth-order valence-corrected chi connectivity index (χ4v) is 2.32. The van der Waals surface area contributed by atoms with Gasteiger partial charge in [0, 0.05) is 12.2 Å². The Balaban J connectivity index is 1.95. The summed E-state index contributed by atoms with van der Waals surface area (Å²) >= 11 is 0. The summed E-state index contributed by atoms with van der Waals surface area (Å²) in [6.07, 6.45) is 8.02. The molecule has 0 aromatic heterocycles. The molecule has 0 heterocycles. The van der Waals surface area contributed by atoms with E-state index in [4.69, 9.17) is 5.11 Å². The molecule has 0 saturated heterocycles. The number of aryl methyl sites for hydroxylation is 1. The van der Waals surface area contributed by atoms with E-state index in [1.54, 1.807) is 6.07 Å². The molecule has 1 unspecified atom stereocenters. The molecule has 1 aromatic rings. The van der Waals surface area contributed by atoms with Crippen molar-refractivity contribution in [1.29, 1.82) is 0 Å². The molecule has 1 aliphatic rings. The zero-order valence-corrected chi connectivity index (χ0v) is 10.6. The first-order chi connectivity index (χ1) is 8.66. The van der Waals surface area contributed by atoms with Crippen LogP contribution < -0.4 is 5.32 Å². The molecule has 1 aromatic carbocycles. The smallest absolute Gasteiger partial charge is 0.335 e. The molecule has 96 valence electrons. The van der Waals surface area contributed by atoms with Gasteiger partial charge < -0.3 is 10.4 Å². The Morgan fingerprint density at radius 2 is 2.28 bits per heavy atom. The van der Waals surface area contributed by atoms with E-state index in [9.17, 15) is 4.79 Å². The second-order valence-electron chi connectivity index (χ2n) is 4.87. The third-order valence-corrected chi connectivity index (χ3v) is 3.43. The summed E-state index contributed by atoms with van der Waals surface area (Å²) in [5.41, 5.74) is 2.18. The van der Waals surface area contributed by atoms with Crippen LogP contribution in [0.3, 0.4) is 0 Å². The van der Waals surface area contributed by atoms with Crippen molar-refractivity contribution < 1.29 is 9.90 Å².